The molecule has 1 aliphatic heterocycles. The molecule has 0 unspecified atom stereocenters. The third-order valence-electron chi connectivity index (χ3n) is 3.81. The minimum absolute atomic E-state index is 0.0146. The fourth-order valence-corrected chi connectivity index (χ4v) is 3.12. The van der Waals surface area contributed by atoms with Gasteiger partial charge in [0, 0.05) is 23.4 Å². The first-order valence-electron chi connectivity index (χ1n) is 6.97. The number of carbonyl (C=O) groups is 1. The zero-order valence-electron chi connectivity index (χ0n) is 12.1. The van der Waals surface area contributed by atoms with Crippen molar-refractivity contribution in [2.45, 2.75) is 32.2 Å². The molecule has 0 radical (unpaired) electrons. The number of H-pyrrole nitrogens is 1. The van der Waals surface area contributed by atoms with Gasteiger partial charge in [-0.05, 0) is 31.5 Å². The van der Waals surface area contributed by atoms with Gasteiger partial charge in [0.25, 0.3) is 5.56 Å². The Balaban J connectivity index is 2.20. The number of halogens is 2. The lowest BCUT2D eigenvalue weighted by Crippen LogP contribution is -2.27. The molecule has 2 N–H and O–H groups in total. The molecule has 7 heteroatoms. The molecule has 2 aromatic rings. The van der Waals surface area contributed by atoms with E-state index in [9.17, 15) is 14.0 Å². The van der Waals surface area contributed by atoms with Crippen LogP contribution in [0.3, 0.4) is 0 Å². The van der Waals surface area contributed by atoms with Gasteiger partial charge in [0.15, 0.2) is 0 Å². The zero-order valence-corrected chi connectivity index (χ0v) is 12.9. The van der Waals surface area contributed by atoms with Gasteiger partial charge in [0.1, 0.15) is 11.6 Å². The fourth-order valence-electron chi connectivity index (χ4n) is 2.82. The molecule has 1 amide bonds. The van der Waals surface area contributed by atoms with E-state index in [1.807, 2.05) is 13.8 Å². The summed E-state index contributed by atoms with van der Waals surface area (Å²) in [6.07, 6.45) is 0.101. The molecule has 0 bridgehead atoms. The van der Waals surface area contributed by atoms with Crippen LogP contribution in [0, 0.1) is 5.82 Å². The Morgan fingerprint density at radius 1 is 1.36 bits per heavy atom. The SMILES string of the molecule is CC(C)n1[nH]c(=O)c2c1NC(=O)C[C@@H]2c1ccc(F)cc1Cl. The largest absolute Gasteiger partial charge is 0.311 e. The van der Waals surface area contributed by atoms with Gasteiger partial charge >= 0.3 is 0 Å². The molecule has 1 aromatic carbocycles. The van der Waals surface area contributed by atoms with Gasteiger partial charge in [0.05, 0.1) is 5.56 Å². The Morgan fingerprint density at radius 3 is 2.73 bits per heavy atom. The van der Waals surface area contributed by atoms with Gasteiger partial charge in [-0.15, -0.1) is 0 Å². The van der Waals surface area contributed by atoms with Crippen molar-refractivity contribution in [2.24, 2.45) is 0 Å². The second-order valence-corrected chi connectivity index (χ2v) is 6.04. The second-order valence-electron chi connectivity index (χ2n) is 5.64. The minimum Gasteiger partial charge on any atom is -0.311 e. The Bertz CT molecular complexity index is 810. The zero-order chi connectivity index (χ0) is 16.0. The Kier molecular flexibility index (Phi) is 3.56. The Labute approximate surface area is 131 Å². The van der Waals surface area contributed by atoms with E-state index in [2.05, 4.69) is 10.4 Å². The summed E-state index contributed by atoms with van der Waals surface area (Å²) in [6, 6.07) is 3.98. The summed E-state index contributed by atoms with van der Waals surface area (Å²) in [5.74, 6) is -0.684. The highest BCUT2D eigenvalue weighted by atomic mass is 35.5. The first-order chi connectivity index (χ1) is 10.4. The second kappa shape index (κ2) is 5.28. The summed E-state index contributed by atoms with van der Waals surface area (Å²) in [6.45, 7) is 3.80. The predicted octanol–water partition coefficient (Wildman–Crippen LogP) is 3.02. The van der Waals surface area contributed by atoms with Crippen molar-refractivity contribution in [2.75, 3.05) is 5.32 Å². The van der Waals surface area contributed by atoms with Crippen molar-refractivity contribution in [3.05, 3.63) is 50.5 Å². The first kappa shape index (κ1) is 14.8. The van der Waals surface area contributed by atoms with Crippen LogP contribution in [-0.4, -0.2) is 15.7 Å². The maximum atomic E-state index is 13.2. The van der Waals surface area contributed by atoms with Crippen molar-refractivity contribution in [3.63, 3.8) is 0 Å². The van der Waals surface area contributed by atoms with E-state index in [0.29, 0.717) is 16.9 Å². The molecule has 22 heavy (non-hydrogen) atoms. The number of benzene rings is 1. The van der Waals surface area contributed by atoms with Gasteiger partial charge in [-0.25, -0.2) is 4.39 Å². The number of amides is 1. The molecular weight excluding hydrogens is 309 g/mol. The van der Waals surface area contributed by atoms with E-state index in [1.165, 1.54) is 18.2 Å². The molecule has 3 rings (SSSR count). The minimum atomic E-state index is -0.486. The van der Waals surface area contributed by atoms with Crippen LogP contribution < -0.4 is 10.9 Å². The highest BCUT2D eigenvalue weighted by molar-refractivity contribution is 6.31. The number of hydrogen-bond donors (Lipinski definition) is 2. The summed E-state index contributed by atoms with van der Waals surface area (Å²) in [5, 5.41) is 5.68. The quantitative estimate of drug-likeness (QED) is 0.892. The van der Waals surface area contributed by atoms with Crippen LogP contribution in [0.2, 0.25) is 5.02 Å². The van der Waals surface area contributed by atoms with Crippen LogP contribution in [0.25, 0.3) is 0 Å². The third kappa shape index (κ3) is 2.33. The number of nitrogens with one attached hydrogen (secondary N) is 2. The third-order valence-corrected chi connectivity index (χ3v) is 4.14. The van der Waals surface area contributed by atoms with Crippen LogP contribution in [0.4, 0.5) is 10.2 Å². The van der Waals surface area contributed by atoms with Gasteiger partial charge in [-0.2, -0.15) is 0 Å². The number of aromatic nitrogens is 2. The summed E-state index contributed by atoms with van der Waals surface area (Å²) >= 11 is 6.11. The van der Waals surface area contributed by atoms with E-state index in [0.717, 1.165) is 0 Å². The van der Waals surface area contributed by atoms with Crippen LogP contribution >= 0.6 is 11.6 Å². The van der Waals surface area contributed by atoms with E-state index in [4.69, 9.17) is 11.6 Å². The van der Waals surface area contributed by atoms with Gasteiger partial charge < -0.3 is 5.32 Å². The van der Waals surface area contributed by atoms with Crippen LogP contribution in [-0.2, 0) is 4.79 Å². The number of fused-ring (bicyclic) bond motifs is 1. The lowest BCUT2D eigenvalue weighted by Gasteiger charge is -2.24. The lowest BCUT2D eigenvalue weighted by atomic mass is 9.87. The van der Waals surface area contributed by atoms with E-state index < -0.39 is 11.7 Å². The van der Waals surface area contributed by atoms with Crippen molar-refractivity contribution in [3.8, 4) is 0 Å². The average Bonchev–Trinajstić information content (AvgIpc) is 2.75. The molecule has 0 aliphatic carbocycles. The van der Waals surface area contributed by atoms with E-state index >= 15 is 0 Å². The van der Waals surface area contributed by atoms with Crippen molar-refractivity contribution in [1.29, 1.82) is 0 Å². The van der Waals surface area contributed by atoms with Gasteiger partial charge in [0.2, 0.25) is 5.91 Å². The smallest absolute Gasteiger partial charge is 0.270 e. The average molecular weight is 324 g/mol. The number of carbonyl (C=O) groups excluding carboxylic acids is 1. The number of nitrogens with zero attached hydrogens (tertiary/aromatic N) is 1. The fraction of sp³-hybridized carbons (Fsp3) is 0.333. The summed E-state index contributed by atoms with van der Waals surface area (Å²) in [7, 11) is 0. The number of aromatic amines is 1. The molecule has 1 aromatic heterocycles. The van der Waals surface area contributed by atoms with Crippen molar-refractivity contribution < 1.29 is 9.18 Å². The van der Waals surface area contributed by atoms with E-state index in [1.54, 1.807) is 4.68 Å². The molecular formula is C15H15ClFN3O2. The highest BCUT2D eigenvalue weighted by Crippen LogP contribution is 2.38. The molecule has 0 saturated heterocycles. The van der Waals surface area contributed by atoms with Crippen molar-refractivity contribution >= 4 is 23.3 Å². The summed E-state index contributed by atoms with van der Waals surface area (Å²) < 4.78 is 14.9. The molecule has 1 atom stereocenters. The molecule has 0 fully saturated rings. The summed E-state index contributed by atoms with van der Waals surface area (Å²) in [5.41, 5.74) is 0.766. The monoisotopic (exact) mass is 323 g/mol. The molecule has 5 nitrogen and oxygen atoms in total. The number of rotatable bonds is 2. The van der Waals surface area contributed by atoms with Gasteiger partial charge in [-0.1, -0.05) is 17.7 Å². The maximum absolute atomic E-state index is 13.2. The first-order valence-corrected chi connectivity index (χ1v) is 7.35. The molecule has 0 saturated carbocycles. The van der Waals surface area contributed by atoms with Crippen LogP contribution in [0.5, 0.6) is 0 Å². The van der Waals surface area contributed by atoms with E-state index in [-0.39, 0.29) is 29.0 Å². The molecule has 1 aliphatic rings. The predicted molar refractivity (Wildman–Crippen MR) is 81.9 cm³/mol. The number of hydrogen-bond acceptors (Lipinski definition) is 2. The lowest BCUT2D eigenvalue weighted by molar-refractivity contribution is -0.116. The van der Waals surface area contributed by atoms with Crippen molar-refractivity contribution in [1.82, 2.24) is 9.78 Å². The number of anilines is 1. The summed E-state index contributed by atoms with van der Waals surface area (Å²) in [4.78, 5) is 24.3. The Morgan fingerprint density at radius 2 is 2.09 bits per heavy atom. The standard InChI is InChI=1S/C15H15ClFN3O2/c1-7(2)20-14-13(15(22)19-20)10(6-12(21)18-14)9-4-3-8(17)5-11(9)16/h3-5,7,10H,6H2,1-2H3,(H,18,21)(H,19,22)/t10-/m1/s1. The highest BCUT2D eigenvalue weighted by Gasteiger charge is 2.34. The molecule has 2 heterocycles. The molecule has 116 valence electrons. The Hall–Kier alpha value is -2.08. The maximum Gasteiger partial charge on any atom is 0.270 e. The topological polar surface area (TPSA) is 66.9 Å². The van der Waals surface area contributed by atoms with Crippen LogP contribution in [0.1, 0.15) is 43.4 Å². The van der Waals surface area contributed by atoms with Crippen LogP contribution in [0.15, 0.2) is 23.0 Å². The van der Waals surface area contributed by atoms with Gasteiger partial charge in [-0.3, -0.25) is 19.4 Å². The normalized spacial score (nSPS) is 17.5. The molecule has 0 spiro atoms.